The van der Waals surface area contributed by atoms with Crippen molar-refractivity contribution in [1.82, 2.24) is 5.32 Å². The molecule has 17 heteroatoms. The number of nitrogens with one attached hydrogen (secondary N) is 1. The van der Waals surface area contributed by atoms with Gasteiger partial charge >= 0.3 is 0 Å². The monoisotopic (exact) mass is 683 g/mol. The Morgan fingerprint density at radius 1 is 0.723 bits per heavy atom. The molecule has 3 aliphatic heterocycles. The molecule has 0 spiro atoms. The van der Waals surface area contributed by atoms with Gasteiger partial charge in [-0.05, 0) is 39.5 Å². The van der Waals surface area contributed by atoms with Crippen LogP contribution in [-0.4, -0.2) is 165 Å². The van der Waals surface area contributed by atoms with Gasteiger partial charge in [-0.3, -0.25) is 9.59 Å². The van der Waals surface area contributed by atoms with Crippen molar-refractivity contribution in [3.05, 3.63) is 0 Å². The van der Waals surface area contributed by atoms with E-state index in [-0.39, 0.29) is 24.7 Å². The zero-order chi connectivity index (χ0) is 34.7. The Labute approximate surface area is 273 Å². The van der Waals surface area contributed by atoms with Crippen molar-refractivity contribution in [3.63, 3.8) is 0 Å². The van der Waals surface area contributed by atoms with Gasteiger partial charge in [0.1, 0.15) is 60.7 Å². The van der Waals surface area contributed by atoms with E-state index in [9.17, 15) is 50.4 Å². The van der Waals surface area contributed by atoms with Crippen LogP contribution < -0.4 is 5.32 Å². The number of Topliss-reactive ketones (excluding diaryl/α,β-unsaturated/α-hetero) is 1. The highest BCUT2D eigenvalue weighted by atomic mass is 16.8. The number of hydrogen-bond donors (Lipinski definition) is 9. The van der Waals surface area contributed by atoms with E-state index in [1.54, 1.807) is 0 Å². The third-order valence-corrected chi connectivity index (χ3v) is 8.54. The largest absolute Gasteiger partial charge is 0.394 e. The van der Waals surface area contributed by atoms with Gasteiger partial charge < -0.3 is 74.6 Å². The Bertz CT molecular complexity index is 932. The van der Waals surface area contributed by atoms with E-state index < -0.39 is 99.2 Å². The summed E-state index contributed by atoms with van der Waals surface area (Å²) in [5.74, 6) is 0.0104. The van der Waals surface area contributed by atoms with E-state index in [4.69, 9.17) is 28.4 Å². The number of carbonyl (C=O) groups is 2. The molecular weight excluding hydrogens is 630 g/mol. The first-order chi connectivity index (χ1) is 22.4. The molecule has 3 saturated heterocycles. The number of aliphatic hydroxyl groups excluding tert-OH is 8. The van der Waals surface area contributed by atoms with Crippen molar-refractivity contribution in [1.29, 1.82) is 0 Å². The fraction of sp³-hybridized carbons (Fsp3) is 0.933. The van der Waals surface area contributed by atoms with Crippen molar-refractivity contribution in [2.24, 2.45) is 0 Å². The highest BCUT2D eigenvalue weighted by molar-refractivity contribution is 5.78. The van der Waals surface area contributed by atoms with Gasteiger partial charge in [0, 0.05) is 38.8 Å². The zero-order valence-electron chi connectivity index (χ0n) is 26.9. The second-order valence-corrected chi connectivity index (χ2v) is 12.2. The fourth-order valence-corrected chi connectivity index (χ4v) is 5.74. The SMILES string of the molecule is CCNC(=O)CCCCC(=O)CCCCO[C@@H]1OC(CO)[C@H](O)[C@H](O[C@H]2OC(CO)[C@H](O)[C@H](O)C2O)C1O[C@H]1C[C@@H](O)[C@H](O)C(C)O1. The molecule has 14 atom stereocenters. The molecule has 1 amide bonds. The molecule has 3 heterocycles. The van der Waals surface area contributed by atoms with Crippen LogP contribution in [0.4, 0.5) is 0 Å². The van der Waals surface area contributed by atoms with Gasteiger partial charge in [0.05, 0.1) is 25.4 Å². The number of hydrogen-bond acceptors (Lipinski definition) is 16. The van der Waals surface area contributed by atoms with E-state index in [1.165, 1.54) is 6.92 Å². The summed E-state index contributed by atoms with van der Waals surface area (Å²) in [5.41, 5.74) is 0. The van der Waals surface area contributed by atoms with E-state index in [2.05, 4.69) is 5.32 Å². The maximum atomic E-state index is 12.3. The van der Waals surface area contributed by atoms with Crippen LogP contribution in [0.25, 0.3) is 0 Å². The molecular formula is C30H53NO16. The number of amides is 1. The van der Waals surface area contributed by atoms with E-state index >= 15 is 0 Å². The minimum atomic E-state index is -1.82. The van der Waals surface area contributed by atoms with E-state index in [0.29, 0.717) is 51.5 Å². The molecule has 274 valence electrons. The quantitative estimate of drug-likeness (QED) is 0.0650. The molecule has 5 unspecified atom stereocenters. The second-order valence-electron chi connectivity index (χ2n) is 12.2. The number of ether oxygens (including phenoxy) is 6. The maximum absolute atomic E-state index is 12.3. The van der Waals surface area contributed by atoms with Gasteiger partial charge in [0.2, 0.25) is 5.91 Å². The number of rotatable bonds is 18. The minimum Gasteiger partial charge on any atom is -0.394 e. The van der Waals surface area contributed by atoms with Gasteiger partial charge in [-0.2, -0.15) is 0 Å². The molecule has 0 bridgehead atoms. The first-order valence-electron chi connectivity index (χ1n) is 16.4. The van der Waals surface area contributed by atoms with Crippen molar-refractivity contribution in [2.75, 3.05) is 26.4 Å². The second kappa shape index (κ2) is 19.7. The highest BCUT2D eigenvalue weighted by Crippen LogP contribution is 2.33. The van der Waals surface area contributed by atoms with E-state index in [1.807, 2.05) is 6.92 Å². The van der Waals surface area contributed by atoms with Crippen LogP contribution >= 0.6 is 0 Å². The molecule has 3 rings (SSSR count). The lowest BCUT2D eigenvalue weighted by Crippen LogP contribution is -2.66. The van der Waals surface area contributed by atoms with Crippen molar-refractivity contribution in [3.8, 4) is 0 Å². The van der Waals surface area contributed by atoms with Gasteiger partial charge in [-0.25, -0.2) is 0 Å². The molecule has 0 radical (unpaired) electrons. The molecule has 0 aromatic rings. The van der Waals surface area contributed by atoms with Crippen LogP contribution in [0.15, 0.2) is 0 Å². The molecule has 47 heavy (non-hydrogen) atoms. The molecule has 0 aromatic heterocycles. The fourth-order valence-electron chi connectivity index (χ4n) is 5.74. The Morgan fingerprint density at radius 3 is 1.98 bits per heavy atom. The van der Waals surface area contributed by atoms with Gasteiger partial charge in [0.15, 0.2) is 18.9 Å². The summed E-state index contributed by atoms with van der Waals surface area (Å²) in [5, 5.41) is 84.9. The third-order valence-electron chi connectivity index (χ3n) is 8.54. The maximum Gasteiger partial charge on any atom is 0.219 e. The predicted molar refractivity (Wildman–Crippen MR) is 158 cm³/mol. The Kier molecular flexibility index (Phi) is 16.8. The number of ketones is 1. The molecule has 3 fully saturated rings. The van der Waals surface area contributed by atoms with E-state index in [0.717, 1.165) is 0 Å². The summed E-state index contributed by atoms with van der Waals surface area (Å²) in [6, 6.07) is 0. The zero-order valence-corrected chi connectivity index (χ0v) is 26.9. The topological polar surface area (TPSA) is 263 Å². The van der Waals surface area contributed by atoms with Gasteiger partial charge in [-0.15, -0.1) is 0 Å². The Balaban J connectivity index is 1.66. The van der Waals surface area contributed by atoms with Crippen molar-refractivity contribution in [2.45, 2.75) is 151 Å². The summed E-state index contributed by atoms with van der Waals surface area (Å²) in [6.07, 6.45) is -16.7. The average molecular weight is 684 g/mol. The van der Waals surface area contributed by atoms with Crippen LogP contribution in [0.3, 0.4) is 0 Å². The molecule has 9 N–H and O–H groups in total. The predicted octanol–water partition coefficient (Wildman–Crippen LogP) is -3.06. The lowest BCUT2D eigenvalue weighted by atomic mass is 9.96. The van der Waals surface area contributed by atoms with Crippen LogP contribution in [-0.2, 0) is 38.0 Å². The minimum absolute atomic E-state index is 0.0422. The highest BCUT2D eigenvalue weighted by Gasteiger charge is 2.53. The molecule has 17 nitrogen and oxygen atoms in total. The standard InChI is InChI=1S/C30H53NO16/c1-3-31-20(36)10-5-4-8-16(34)9-6-7-11-42-30-28(46-21-12-17(35)22(37)15(2)43-21)27(24(39)19(14-33)45-30)47-29-26(41)25(40)23(38)18(13-32)44-29/h15,17-19,21-30,32-33,35,37-41H,3-14H2,1-2H3,(H,31,36)/t15?,17-,18?,19?,21+,22-,23+,24+,25+,26?,27+,28?,29-,30-/m1/s1. The summed E-state index contributed by atoms with van der Waals surface area (Å²) in [4.78, 5) is 23.8. The van der Waals surface area contributed by atoms with Crippen molar-refractivity contribution < 1.29 is 78.9 Å². The third kappa shape index (κ3) is 11.3. The number of aliphatic hydroxyl groups is 8. The summed E-state index contributed by atoms with van der Waals surface area (Å²) >= 11 is 0. The number of carbonyl (C=O) groups excluding carboxylic acids is 2. The van der Waals surface area contributed by atoms with Crippen LogP contribution in [0.5, 0.6) is 0 Å². The Morgan fingerprint density at radius 2 is 1.34 bits per heavy atom. The average Bonchev–Trinajstić information content (AvgIpc) is 3.04. The molecule has 0 aromatic carbocycles. The Hall–Kier alpha value is -1.42. The van der Waals surface area contributed by atoms with Gasteiger partial charge in [0.25, 0.3) is 0 Å². The lowest BCUT2D eigenvalue weighted by molar-refractivity contribution is -0.382. The van der Waals surface area contributed by atoms with Crippen LogP contribution in [0.2, 0.25) is 0 Å². The smallest absolute Gasteiger partial charge is 0.219 e. The number of unbranched alkanes of at least 4 members (excludes halogenated alkanes) is 2. The van der Waals surface area contributed by atoms with Crippen LogP contribution in [0.1, 0.15) is 65.2 Å². The normalized spacial score (nSPS) is 39.4. The lowest BCUT2D eigenvalue weighted by Gasteiger charge is -2.48. The van der Waals surface area contributed by atoms with Crippen LogP contribution in [0, 0.1) is 0 Å². The first-order valence-corrected chi connectivity index (χ1v) is 16.4. The molecule has 0 aliphatic carbocycles. The molecule has 0 saturated carbocycles. The summed E-state index contributed by atoms with van der Waals surface area (Å²) < 4.78 is 34.9. The summed E-state index contributed by atoms with van der Waals surface area (Å²) in [6.45, 7) is 2.58. The van der Waals surface area contributed by atoms with Crippen molar-refractivity contribution >= 4 is 11.7 Å². The summed E-state index contributed by atoms with van der Waals surface area (Å²) in [7, 11) is 0. The van der Waals surface area contributed by atoms with Gasteiger partial charge in [-0.1, -0.05) is 0 Å². The first kappa shape index (κ1) is 40.0. The molecule has 3 aliphatic rings.